The molecular formula is C23H23N3O2S. The normalized spacial score (nSPS) is 18.9. The first kappa shape index (κ1) is 19.3. The molecule has 0 radical (unpaired) electrons. The van der Waals surface area contributed by atoms with Gasteiger partial charge in [-0.1, -0.05) is 73.5 Å². The maximum atomic E-state index is 13.4. The predicted molar refractivity (Wildman–Crippen MR) is 114 cm³/mol. The van der Waals surface area contributed by atoms with Crippen LogP contribution in [0.25, 0.3) is 10.6 Å². The SMILES string of the molecule is CCC[C@]1(c2ccccc2)NC(=O)N(Cc2csc(-c3ccc(C)cc3)n2)C1=O. The van der Waals surface area contributed by atoms with E-state index in [4.69, 9.17) is 0 Å². The van der Waals surface area contributed by atoms with Gasteiger partial charge in [0.25, 0.3) is 5.91 Å². The summed E-state index contributed by atoms with van der Waals surface area (Å²) < 4.78 is 0. The van der Waals surface area contributed by atoms with Crippen molar-refractivity contribution in [2.24, 2.45) is 0 Å². The number of nitrogens with one attached hydrogen (secondary N) is 1. The third-order valence-electron chi connectivity index (χ3n) is 5.24. The van der Waals surface area contributed by atoms with Crippen molar-refractivity contribution in [1.29, 1.82) is 0 Å². The lowest BCUT2D eigenvalue weighted by Crippen LogP contribution is -2.43. The van der Waals surface area contributed by atoms with Gasteiger partial charge in [0.1, 0.15) is 10.5 Å². The largest absolute Gasteiger partial charge is 0.325 e. The lowest BCUT2D eigenvalue weighted by molar-refractivity contribution is -0.132. The highest BCUT2D eigenvalue weighted by atomic mass is 32.1. The summed E-state index contributed by atoms with van der Waals surface area (Å²) >= 11 is 1.52. The predicted octanol–water partition coefficient (Wildman–Crippen LogP) is 4.87. The lowest BCUT2D eigenvalue weighted by Gasteiger charge is -2.26. The first-order valence-electron chi connectivity index (χ1n) is 9.74. The van der Waals surface area contributed by atoms with Crippen molar-refractivity contribution >= 4 is 23.3 Å². The molecule has 3 aromatic rings. The average molecular weight is 406 g/mol. The Morgan fingerprint density at radius 1 is 1.07 bits per heavy atom. The van der Waals surface area contributed by atoms with Crippen LogP contribution in [0, 0.1) is 6.92 Å². The summed E-state index contributed by atoms with van der Waals surface area (Å²) in [6, 6.07) is 17.3. The van der Waals surface area contributed by atoms with Crippen LogP contribution < -0.4 is 5.32 Å². The molecule has 0 saturated carbocycles. The van der Waals surface area contributed by atoms with Gasteiger partial charge < -0.3 is 5.32 Å². The van der Waals surface area contributed by atoms with E-state index < -0.39 is 5.54 Å². The number of hydrogen-bond donors (Lipinski definition) is 1. The van der Waals surface area contributed by atoms with Gasteiger partial charge in [-0.25, -0.2) is 9.78 Å². The van der Waals surface area contributed by atoms with Crippen LogP contribution in [0.5, 0.6) is 0 Å². The molecule has 1 N–H and O–H groups in total. The maximum Gasteiger partial charge on any atom is 0.325 e. The van der Waals surface area contributed by atoms with Crippen LogP contribution in [0.4, 0.5) is 4.79 Å². The number of urea groups is 1. The topological polar surface area (TPSA) is 62.3 Å². The molecule has 5 nitrogen and oxygen atoms in total. The summed E-state index contributed by atoms with van der Waals surface area (Å²) in [6.07, 6.45) is 1.34. The van der Waals surface area contributed by atoms with Crippen LogP contribution in [-0.4, -0.2) is 21.8 Å². The van der Waals surface area contributed by atoms with Crippen LogP contribution in [-0.2, 0) is 16.9 Å². The third kappa shape index (κ3) is 3.56. The highest BCUT2D eigenvalue weighted by Gasteiger charge is 2.51. The zero-order valence-corrected chi connectivity index (χ0v) is 17.3. The quantitative estimate of drug-likeness (QED) is 0.596. The molecule has 1 atom stereocenters. The monoisotopic (exact) mass is 405 g/mol. The molecule has 1 fully saturated rings. The molecule has 6 heteroatoms. The Labute approximate surface area is 174 Å². The molecule has 2 aromatic carbocycles. The Bertz CT molecular complexity index is 1030. The molecule has 148 valence electrons. The molecule has 0 aliphatic carbocycles. The zero-order valence-electron chi connectivity index (χ0n) is 16.5. The van der Waals surface area contributed by atoms with Crippen molar-refractivity contribution in [1.82, 2.24) is 15.2 Å². The fraction of sp³-hybridized carbons (Fsp3) is 0.261. The number of imide groups is 1. The van der Waals surface area contributed by atoms with Gasteiger partial charge in [-0.15, -0.1) is 11.3 Å². The van der Waals surface area contributed by atoms with Crippen LogP contribution in [0.3, 0.4) is 0 Å². The number of amides is 3. The van der Waals surface area contributed by atoms with Crippen LogP contribution in [0.15, 0.2) is 60.0 Å². The molecule has 1 saturated heterocycles. The van der Waals surface area contributed by atoms with Crippen molar-refractivity contribution in [3.63, 3.8) is 0 Å². The van der Waals surface area contributed by atoms with Gasteiger partial charge in [-0.05, 0) is 18.9 Å². The molecule has 0 unspecified atom stereocenters. The van der Waals surface area contributed by atoms with E-state index in [1.165, 1.54) is 21.8 Å². The number of thiazole rings is 1. The van der Waals surface area contributed by atoms with Gasteiger partial charge in [0.05, 0.1) is 12.2 Å². The fourth-order valence-electron chi connectivity index (χ4n) is 3.75. The van der Waals surface area contributed by atoms with Gasteiger partial charge in [-0.2, -0.15) is 0 Å². The second kappa shape index (κ2) is 7.79. The average Bonchev–Trinajstić information content (AvgIpc) is 3.29. The molecule has 0 bridgehead atoms. The number of hydrogen-bond acceptors (Lipinski definition) is 4. The minimum Gasteiger partial charge on any atom is -0.319 e. The van der Waals surface area contributed by atoms with Crippen molar-refractivity contribution < 1.29 is 9.59 Å². The van der Waals surface area contributed by atoms with Crippen molar-refractivity contribution in [3.8, 4) is 10.6 Å². The Hall–Kier alpha value is -2.99. The molecular weight excluding hydrogens is 382 g/mol. The maximum absolute atomic E-state index is 13.4. The summed E-state index contributed by atoms with van der Waals surface area (Å²) in [5.74, 6) is -0.208. The Morgan fingerprint density at radius 2 is 1.79 bits per heavy atom. The van der Waals surface area contributed by atoms with Crippen molar-refractivity contribution in [3.05, 3.63) is 76.8 Å². The number of carbonyl (C=O) groups excluding carboxylic acids is 2. The standard InChI is InChI=1S/C23H23N3O2S/c1-3-13-23(18-7-5-4-6-8-18)21(27)26(22(28)25-23)14-19-15-29-20(24-19)17-11-9-16(2)10-12-17/h4-12,15H,3,13-14H2,1-2H3,(H,25,28)/t23-/m1/s1. The summed E-state index contributed by atoms with van der Waals surface area (Å²) in [6.45, 7) is 4.23. The Kier molecular flexibility index (Phi) is 5.20. The lowest BCUT2D eigenvalue weighted by atomic mass is 9.85. The Balaban J connectivity index is 1.59. The molecule has 0 spiro atoms. The Morgan fingerprint density at radius 3 is 2.48 bits per heavy atom. The number of rotatable bonds is 6. The van der Waals surface area contributed by atoms with Gasteiger partial charge in [-0.3, -0.25) is 9.69 Å². The molecule has 1 aromatic heterocycles. The molecule has 3 amide bonds. The fourth-order valence-corrected chi connectivity index (χ4v) is 4.56. The summed E-state index contributed by atoms with van der Waals surface area (Å²) in [5.41, 5.74) is 2.77. The van der Waals surface area contributed by atoms with E-state index in [0.29, 0.717) is 6.42 Å². The summed E-state index contributed by atoms with van der Waals surface area (Å²) in [4.78, 5) is 32.0. The van der Waals surface area contributed by atoms with E-state index in [-0.39, 0.29) is 18.5 Å². The van der Waals surface area contributed by atoms with E-state index in [2.05, 4.69) is 10.3 Å². The second-order valence-electron chi connectivity index (χ2n) is 7.35. The van der Waals surface area contributed by atoms with E-state index in [1.807, 2.05) is 73.8 Å². The minimum atomic E-state index is -0.997. The molecule has 1 aliphatic rings. The molecule has 4 rings (SSSR count). The van der Waals surface area contributed by atoms with Crippen LogP contribution >= 0.6 is 11.3 Å². The van der Waals surface area contributed by atoms with Gasteiger partial charge in [0, 0.05) is 10.9 Å². The first-order valence-corrected chi connectivity index (χ1v) is 10.6. The van der Waals surface area contributed by atoms with E-state index in [1.54, 1.807) is 0 Å². The van der Waals surface area contributed by atoms with E-state index >= 15 is 0 Å². The molecule has 29 heavy (non-hydrogen) atoms. The first-order chi connectivity index (χ1) is 14.0. The molecule has 1 aliphatic heterocycles. The zero-order chi connectivity index (χ0) is 20.4. The van der Waals surface area contributed by atoms with Crippen molar-refractivity contribution in [2.45, 2.75) is 38.8 Å². The van der Waals surface area contributed by atoms with E-state index in [0.717, 1.165) is 28.2 Å². The number of aryl methyl sites for hydroxylation is 1. The third-order valence-corrected chi connectivity index (χ3v) is 6.18. The summed E-state index contributed by atoms with van der Waals surface area (Å²) in [5, 5.41) is 5.76. The minimum absolute atomic E-state index is 0.172. The number of carbonyl (C=O) groups is 2. The van der Waals surface area contributed by atoms with Gasteiger partial charge >= 0.3 is 6.03 Å². The number of benzene rings is 2. The van der Waals surface area contributed by atoms with Crippen molar-refractivity contribution in [2.75, 3.05) is 0 Å². The van der Waals surface area contributed by atoms with Crippen LogP contribution in [0.1, 0.15) is 36.6 Å². The smallest absolute Gasteiger partial charge is 0.319 e. The second-order valence-corrected chi connectivity index (χ2v) is 8.21. The highest BCUT2D eigenvalue weighted by molar-refractivity contribution is 7.13. The van der Waals surface area contributed by atoms with Crippen LogP contribution in [0.2, 0.25) is 0 Å². The highest BCUT2D eigenvalue weighted by Crippen LogP contribution is 2.34. The molecule has 2 heterocycles. The van der Waals surface area contributed by atoms with Gasteiger partial charge in [0.15, 0.2) is 0 Å². The van der Waals surface area contributed by atoms with E-state index in [9.17, 15) is 9.59 Å². The number of nitrogens with zero attached hydrogens (tertiary/aromatic N) is 2. The number of aromatic nitrogens is 1. The van der Waals surface area contributed by atoms with Gasteiger partial charge in [0.2, 0.25) is 0 Å². The summed E-state index contributed by atoms with van der Waals surface area (Å²) in [7, 11) is 0.